The standard InChI is InChI=1S/C11H9Cl3N4O2/c12-6-3-7(13)10(8(14)4-6)20-5-18-2-1-9(17-18)11(19)16-15/h1-4H,5,15H2,(H,16,19). The zero-order chi connectivity index (χ0) is 14.7. The highest BCUT2D eigenvalue weighted by Gasteiger charge is 2.11. The van der Waals surface area contributed by atoms with E-state index in [1.165, 1.54) is 22.9 Å². The Bertz CT molecular complexity index is 621. The first-order chi connectivity index (χ1) is 9.51. The maximum atomic E-state index is 11.2. The molecule has 3 N–H and O–H groups in total. The summed E-state index contributed by atoms with van der Waals surface area (Å²) >= 11 is 17.7. The van der Waals surface area contributed by atoms with Gasteiger partial charge in [0.15, 0.2) is 18.2 Å². The quantitative estimate of drug-likeness (QED) is 0.511. The summed E-state index contributed by atoms with van der Waals surface area (Å²) < 4.78 is 6.84. The maximum absolute atomic E-state index is 11.2. The number of rotatable bonds is 4. The van der Waals surface area contributed by atoms with E-state index in [0.29, 0.717) is 5.02 Å². The number of nitrogens with one attached hydrogen (secondary N) is 1. The summed E-state index contributed by atoms with van der Waals surface area (Å²) in [6, 6.07) is 4.53. The highest BCUT2D eigenvalue weighted by molar-refractivity contribution is 6.40. The van der Waals surface area contributed by atoms with Gasteiger partial charge in [0.1, 0.15) is 0 Å². The van der Waals surface area contributed by atoms with Crippen LogP contribution in [-0.2, 0) is 6.73 Å². The van der Waals surface area contributed by atoms with E-state index in [2.05, 4.69) is 5.10 Å². The van der Waals surface area contributed by atoms with E-state index in [1.54, 1.807) is 6.20 Å². The van der Waals surface area contributed by atoms with Crippen LogP contribution in [0.1, 0.15) is 10.5 Å². The van der Waals surface area contributed by atoms with Gasteiger partial charge in [-0.25, -0.2) is 10.5 Å². The summed E-state index contributed by atoms with van der Waals surface area (Å²) in [6.07, 6.45) is 1.56. The Kier molecular flexibility index (Phi) is 4.72. The molecule has 0 aliphatic rings. The molecular formula is C11H9Cl3N4O2. The first-order valence-corrected chi connectivity index (χ1v) is 6.46. The summed E-state index contributed by atoms with van der Waals surface area (Å²) in [6.45, 7) is 0.0267. The third kappa shape index (κ3) is 3.34. The molecule has 0 aliphatic carbocycles. The van der Waals surface area contributed by atoms with Crippen molar-refractivity contribution < 1.29 is 9.53 Å². The molecule has 1 amide bonds. The van der Waals surface area contributed by atoms with Crippen molar-refractivity contribution in [1.29, 1.82) is 0 Å². The molecule has 0 aliphatic heterocycles. The van der Waals surface area contributed by atoms with Crippen LogP contribution in [0.15, 0.2) is 24.4 Å². The third-order valence-electron chi connectivity index (χ3n) is 2.31. The average molecular weight is 336 g/mol. The molecule has 0 bridgehead atoms. The minimum absolute atomic E-state index is 0.0267. The van der Waals surface area contributed by atoms with Crippen LogP contribution in [0.4, 0.5) is 0 Å². The lowest BCUT2D eigenvalue weighted by Gasteiger charge is -2.10. The highest BCUT2D eigenvalue weighted by atomic mass is 35.5. The second-order valence-electron chi connectivity index (χ2n) is 3.69. The van der Waals surface area contributed by atoms with Crippen molar-refractivity contribution >= 4 is 40.7 Å². The normalized spacial score (nSPS) is 10.4. The van der Waals surface area contributed by atoms with Crippen molar-refractivity contribution in [2.75, 3.05) is 0 Å². The van der Waals surface area contributed by atoms with Crippen molar-refractivity contribution in [3.63, 3.8) is 0 Å². The Morgan fingerprint density at radius 2 is 2.00 bits per heavy atom. The fourth-order valence-corrected chi connectivity index (χ4v) is 2.35. The largest absolute Gasteiger partial charge is 0.468 e. The number of nitrogen functional groups attached to an aromatic ring is 1. The van der Waals surface area contributed by atoms with Gasteiger partial charge >= 0.3 is 0 Å². The number of nitrogens with zero attached hydrogens (tertiary/aromatic N) is 2. The lowest BCUT2D eigenvalue weighted by atomic mass is 10.3. The average Bonchev–Trinajstić information content (AvgIpc) is 2.85. The van der Waals surface area contributed by atoms with Gasteiger partial charge in [0.05, 0.1) is 10.0 Å². The Balaban J connectivity index is 2.09. The van der Waals surface area contributed by atoms with Crippen molar-refractivity contribution in [3.05, 3.63) is 45.2 Å². The van der Waals surface area contributed by atoms with Crippen LogP contribution in [0, 0.1) is 0 Å². The Morgan fingerprint density at radius 3 is 2.60 bits per heavy atom. The van der Waals surface area contributed by atoms with Crippen molar-refractivity contribution in [2.24, 2.45) is 5.84 Å². The maximum Gasteiger partial charge on any atom is 0.285 e. The monoisotopic (exact) mass is 334 g/mol. The fourth-order valence-electron chi connectivity index (χ4n) is 1.43. The van der Waals surface area contributed by atoms with Crippen molar-refractivity contribution in [2.45, 2.75) is 6.73 Å². The van der Waals surface area contributed by atoms with Gasteiger partial charge in [-0.3, -0.25) is 10.2 Å². The highest BCUT2D eigenvalue weighted by Crippen LogP contribution is 2.35. The van der Waals surface area contributed by atoms with Crippen molar-refractivity contribution in [3.8, 4) is 5.75 Å². The minimum atomic E-state index is -0.494. The number of hydrazine groups is 1. The topological polar surface area (TPSA) is 82.2 Å². The van der Waals surface area contributed by atoms with E-state index in [-0.39, 0.29) is 28.2 Å². The van der Waals surface area contributed by atoms with Gasteiger partial charge in [-0.1, -0.05) is 34.8 Å². The molecule has 0 atom stereocenters. The van der Waals surface area contributed by atoms with E-state index in [9.17, 15) is 4.79 Å². The zero-order valence-electron chi connectivity index (χ0n) is 9.94. The number of hydrogen-bond acceptors (Lipinski definition) is 4. The second kappa shape index (κ2) is 6.32. The molecule has 0 spiro atoms. The van der Waals surface area contributed by atoms with E-state index in [0.717, 1.165) is 0 Å². The first kappa shape index (κ1) is 14.9. The van der Waals surface area contributed by atoms with Gasteiger partial charge in [0.2, 0.25) is 0 Å². The predicted molar refractivity (Wildman–Crippen MR) is 76.0 cm³/mol. The molecule has 0 unspecified atom stereocenters. The van der Waals surface area contributed by atoms with Gasteiger partial charge < -0.3 is 4.74 Å². The van der Waals surface area contributed by atoms with E-state index in [1.807, 2.05) is 5.43 Å². The molecule has 0 fully saturated rings. The van der Waals surface area contributed by atoms with Crippen LogP contribution < -0.4 is 16.0 Å². The molecule has 0 saturated carbocycles. The predicted octanol–water partition coefficient (Wildman–Crippen LogP) is 2.48. The molecule has 9 heteroatoms. The Labute approximate surface area is 129 Å². The summed E-state index contributed by atoms with van der Waals surface area (Å²) in [7, 11) is 0. The van der Waals surface area contributed by atoms with Crippen LogP contribution in [0.25, 0.3) is 0 Å². The van der Waals surface area contributed by atoms with Crippen molar-refractivity contribution in [1.82, 2.24) is 15.2 Å². The number of carbonyl (C=O) groups excluding carboxylic acids is 1. The number of benzene rings is 1. The number of nitrogens with two attached hydrogens (primary N) is 1. The summed E-state index contributed by atoms with van der Waals surface area (Å²) in [5.74, 6) is 4.80. The summed E-state index contributed by atoms with van der Waals surface area (Å²) in [5, 5.41) is 4.94. The van der Waals surface area contributed by atoms with Crippen LogP contribution in [0.5, 0.6) is 5.75 Å². The molecule has 0 radical (unpaired) electrons. The second-order valence-corrected chi connectivity index (χ2v) is 4.94. The molecule has 6 nitrogen and oxygen atoms in total. The lowest BCUT2D eigenvalue weighted by Crippen LogP contribution is -2.30. The molecular weight excluding hydrogens is 327 g/mol. The lowest BCUT2D eigenvalue weighted by molar-refractivity contribution is 0.0946. The zero-order valence-corrected chi connectivity index (χ0v) is 12.2. The van der Waals surface area contributed by atoms with Gasteiger partial charge in [-0.2, -0.15) is 5.10 Å². The van der Waals surface area contributed by atoms with Gasteiger partial charge in [0.25, 0.3) is 5.91 Å². The fraction of sp³-hybridized carbons (Fsp3) is 0.0909. The van der Waals surface area contributed by atoms with Gasteiger partial charge in [-0.05, 0) is 18.2 Å². The smallest absolute Gasteiger partial charge is 0.285 e. The molecule has 2 aromatic rings. The number of hydrogen-bond donors (Lipinski definition) is 2. The molecule has 2 rings (SSSR count). The number of carbonyl (C=O) groups is 1. The van der Waals surface area contributed by atoms with Crippen LogP contribution in [-0.4, -0.2) is 15.7 Å². The van der Waals surface area contributed by atoms with E-state index < -0.39 is 5.91 Å². The van der Waals surface area contributed by atoms with Gasteiger partial charge in [-0.15, -0.1) is 0 Å². The van der Waals surface area contributed by atoms with E-state index >= 15 is 0 Å². The van der Waals surface area contributed by atoms with Crippen LogP contribution in [0.2, 0.25) is 15.1 Å². The molecule has 1 aromatic heterocycles. The number of aromatic nitrogens is 2. The molecule has 1 aromatic carbocycles. The third-order valence-corrected chi connectivity index (χ3v) is 3.09. The Hall–Kier alpha value is -1.47. The van der Waals surface area contributed by atoms with Crippen LogP contribution >= 0.6 is 34.8 Å². The number of halogens is 3. The van der Waals surface area contributed by atoms with Gasteiger partial charge in [0, 0.05) is 11.2 Å². The molecule has 0 saturated heterocycles. The summed E-state index contributed by atoms with van der Waals surface area (Å²) in [4.78, 5) is 11.2. The molecule has 1 heterocycles. The number of amides is 1. The van der Waals surface area contributed by atoms with E-state index in [4.69, 9.17) is 45.4 Å². The number of ether oxygens (including phenoxy) is 1. The molecule has 106 valence electrons. The SMILES string of the molecule is NNC(=O)c1ccn(COc2c(Cl)cc(Cl)cc2Cl)n1. The van der Waals surface area contributed by atoms with Crippen LogP contribution in [0.3, 0.4) is 0 Å². The first-order valence-electron chi connectivity index (χ1n) is 5.33. The molecule has 20 heavy (non-hydrogen) atoms. The summed E-state index contributed by atoms with van der Waals surface area (Å²) in [5.41, 5.74) is 2.15. The Morgan fingerprint density at radius 1 is 1.35 bits per heavy atom. The minimum Gasteiger partial charge on any atom is -0.468 e.